The molecule has 1 aromatic heterocycles. The third-order valence-electron chi connectivity index (χ3n) is 4.51. The van der Waals surface area contributed by atoms with Gasteiger partial charge in [-0.2, -0.15) is 0 Å². The van der Waals surface area contributed by atoms with E-state index in [9.17, 15) is 10.1 Å². The van der Waals surface area contributed by atoms with Crippen molar-refractivity contribution in [3.05, 3.63) is 94.5 Å². The fraction of sp³-hybridized carbons (Fsp3) is 0.0909. The van der Waals surface area contributed by atoms with Crippen LogP contribution >= 0.6 is 11.8 Å². The number of nitro groups is 1. The molecule has 0 aliphatic rings. The molecule has 4 aromatic rings. The number of benzene rings is 3. The second-order valence-corrected chi connectivity index (χ2v) is 7.36. The highest BCUT2D eigenvalue weighted by molar-refractivity contribution is 7.98. The zero-order valence-electron chi connectivity index (χ0n) is 16.1. The van der Waals surface area contributed by atoms with Gasteiger partial charge in [0.2, 0.25) is 0 Å². The molecule has 0 fully saturated rings. The van der Waals surface area contributed by atoms with E-state index in [1.54, 1.807) is 19.2 Å². The van der Waals surface area contributed by atoms with Crippen LogP contribution in [-0.4, -0.2) is 26.8 Å². The summed E-state index contributed by atoms with van der Waals surface area (Å²) in [5.41, 5.74) is 2.94. The Hall–Kier alpha value is -3.65. The Bertz CT molecular complexity index is 1140. The maximum absolute atomic E-state index is 10.8. The van der Waals surface area contributed by atoms with Crippen molar-refractivity contribution in [3.63, 3.8) is 0 Å². The molecule has 0 atom stereocenters. The molecule has 30 heavy (non-hydrogen) atoms. The summed E-state index contributed by atoms with van der Waals surface area (Å²) in [5, 5.41) is 20.4. The summed E-state index contributed by atoms with van der Waals surface area (Å²) < 4.78 is 7.26. The number of hydrogen-bond donors (Lipinski definition) is 0. The van der Waals surface area contributed by atoms with E-state index in [1.165, 1.54) is 23.9 Å². The summed E-state index contributed by atoms with van der Waals surface area (Å²) in [6.07, 6.45) is 0. The molecule has 0 unspecified atom stereocenters. The van der Waals surface area contributed by atoms with Crippen molar-refractivity contribution < 1.29 is 9.66 Å². The lowest BCUT2D eigenvalue weighted by Gasteiger charge is -2.10. The predicted molar refractivity (Wildman–Crippen MR) is 116 cm³/mol. The maximum atomic E-state index is 10.8. The van der Waals surface area contributed by atoms with Crippen LogP contribution in [0.2, 0.25) is 0 Å². The fourth-order valence-corrected chi connectivity index (χ4v) is 3.87. The van der Waals surface area contributed by atoms with Gasteiger partial charge in [0.05, 0.1) is 12.0 Å². The van der Waals surface area contributed by atoms with Gasteiger partial charge in [-0.15, -0.1) is 10.2 Å². The van der Waals surface area contributed by atoms with Gasteiger partial charge in [0.1, 0.15) is 5.75 Å². The third-order valence-corrected chi connectivity index (χ3v) is 5.51. The van der Waals surface area contributed by atoms with Gasteiger partial charge in [-0.3, -0.25) is 14.7 Å². The second kappa shape index (κ2) is 8.79. The molecule has 1 heterocycles. The molecule has 0 bridgehead atoms. The van der Waals surface area contributed by atoms with E-state index < -0.39 is 4.92 Å². The third kappa shape index (κ3) is 4.18. The molecule has 150 valence electrons. The highest BCUT2D eigenvalue weighted by Crippen LogP contribution is 2.30. The summed E-state index contributed by atoms with van der Waals surface area (Å²) in [6.45, 7) is 0. The van der Waals surface area contributed by atoms with Gasteiger partial charge in [-0.1, -0.05) is 42.1 Å². The fourth-order valence-electron chi connectivity index (χ4n) is 2.96. The van der Waals surface area contributed by atoms with Crippen LogP contribution in [0, 0.1) is 10.1 Å². The zero-order chi connectivity index (χ0) is 20.9. The first kappa shape index (κ1) is 19.7. The number of nitro benzene ring substituents is 1. The first-order valence-electron chi connectivity index (χ1n) is 9.17. The van der Waals surface area contributed by atoms with Crippen molar-refractivity contribution in [2.75, 3.05) is 7.11 Å². The van der Waals surface area contributed by atoms with Crippen LogP contribution in [0.25, 0.3) is 17.1 Å². The number of ether oxygens (including phenoxy) is 1. The SMILES string of the molecule is COc1ccc(-c2nnc(SCc3ccc([N+](=O)[O-])cc3)n2-c2ccccc2)cc1. The molecule has 0 aliphatic heterocycles. The summed E-state index contributed by atoms with van der Waals surface area (Å²) in [5.74, 6) is 2.12. The van der Waals surface area contributed by atoms with E-state index in [0.29, 0.717) is 5.75 Å². The van der Waals surface area contributed by atoms with E-state index in [4.69, 9.17) is 4.74 Å². The summed E-state index contributed by atoms with van der Waals surface area (Å²) >= 11 is 1.53. The summed E-state index contributed by atoms with van der Waals surface area (Å²) in [4.78, 5) is 10.4. The van der Waals surface area contributed by atoms with E-state index >= 15 is 0 Å². The van der Waals surface area contributed by atoms with Crippen LogP contribution in [0.1, 0.15) is 5.56 Å². The standard InChI is InChI=1S/C22H18N4O3S/c1-29-20-13-9-17(10-14-20)21-23-24-22(25(21)18-5-3-2-4-6-18)30-15-16-7-11-19(12-8-16)26(27)28/h2-14H,15H2,1H3. The first-order chi connectivity index (χ1) is 14.7. The average molecular weight is 418 g/mol. The number of non-ortho nitro benzene ring substituents is 1. The first-order valence-corrected chi connectivity index (χ1v) is 10.2. The Balaban J connectivity index is 1.65. The van der Waals surface area contributed by atoms with Crippen LogP contribution in [0.4, 0.5) is 5.69 Å². The molecule has 0 N–H and O–H groups in total. The smallest absolute Gasteiger partial charge is 0.269 e. The lowest BCUT2D eigenvalue weighted by atomic mass is 10.2. The Morgan fingerprint density at radius 3 is 2.30 bits per heavy atom. The molecule has 7 nitrogen and oxygen atoms in total. The number of rotatable bonds is 7. The number of methoxy groups -OCH3 is 1. The molecular formula is C22H18N4O3S. The van der Waals surface area contributed by atoms with E-state index in [2.05, 4.69) is 10.2 Å². The molecule has 3 aromatic carbocycles. The maximum Gasteiger partial charge on any atom is 0.269 e. The molecule has 0 radical (unpaired) electrons. The van der Waals surface area contributed by atoms with Gasteiger partial charge >= 0.3 is 0 Å². The van der Waals surface area contributed by atoms with Crippen molar-refractivity contribution in [1.29, 1.82) is 0 Å². The van der Waals surface area contributed by atoms with Gasteiger partial charge < -0.3 is 4.74 Å². The Kier molecular flexibility index (Phi) is 5.76. The van der Waals surface area contributed by atoms with Gasteiger partial charge in [0, 0.05) is 29.1 Å². The second-order valence-electron chi connectivity index (χ2n) is 6.42. The van der Waals surface area contributed by atoms with Crippen LogP contribution < -0.4 is 4.74 Å². The quantitative estimate of drug-likeness (QED) is 0.235. The molecule has 0 saturated carbocycles. The van der Waals surface area contributed by atoms with Crippen molar-refractivity contribution in [2.24, 2.45) is 0 Å². The van der Waals surface area contributed by atoms with Gasteiger partial charge in [-0.05, 0) is 42.0 Å². The van der Waals surface area contributed by atoms with Crippen LogP contribution in [-0.2, 0) is 5.75 Å². The number of nitrogens with zero attached hydrogens (tertiary/aromatic N) is 4. The molecular weight excluding hydrogens is 400 g/mol. The van der Waals surface area contributed by atoms with E-state index in [0.717, 1.165) is 33.5 Å². The molecule has 4 rings (SSSR count). The number of aromatic nitrogens is 3. The highest BCUT2D eigenvalue weighted by atomic mass is 32.2. The number of para-hydroxylation sites is 1. The molecule has 0 spiro atoms. The predicted octanol–water partition coefficient (Wildman–Crippen LogP) is 5.14. The van der Waals surface area contributed by atoms with Crippen LogP contribution in [0.15, 0.2) is 84.0 Å². The minimum absolute atomic E-state index is 0.0815. The Morgan fingerprint density at radius 1 is 0.967 bits per heavy atom. The van der Waals surface area contributed by atoms with Crippen molar-refractivity contribution >= 4 is 17.4 Å². The number of hydrogen-bond acceptors (Lipinski definition) is 6. The number of thioether (sulfide) groups is 1. The minimum Gasteiger partial charge on any atom is -0.497 e. The Labute approximate surface area is 177 Å². The van der Waals surface area contributed by atoms with Crippen LogP contribution in [0.5, 0.6) is 5.75 Å². The average Bonchev–Trinajstić information content (AvgIpc) is 3.22. The molecule has 8 heteroatoms. The van der Waals surface area contributed by atoms with Gasteiger partial charge in [-0.25, -0.2) is 0 Å². The van der Waals surface area contributed by atoms with Crippen molar-refractivity contribution in [3.8, 4) is 22.8 Å². The molecule has 0 aliphatic carbocycles. The summed E-state index contributed by atoms with van der Waals surface area (Å²) in [6, 6.07) is 24.2. The van der Waals surface area contributed by atoms with Gasteiger partial charge in [0.15, 0.2) is 11.0 Å². The lowest BCUT2D eigenvalue weighted by molar-refractivity contribution is -0.384. The van der Waals surface area contributed by atoms with Crippen molar-refractivity contribution in [2.45, 2.75) is 10.9 Å². The lowest BCUT2D eigenvalue weighted by Crippen LogP contribution is -1.99. The van der Waals surface area contributed by atoms with Crippen LogP contribution in [0.3, 0.4) is 0 Å². The van der Waals surface area contributed by atoms with Gasteiger partial charge in [0.25, 0.3) is 5.69 Å². The van der Waals surface area contributed by atoms with E-state index in [-0.39, 0.29) is 5.69 Å². The minimum atomic E-state index is -0.399. The Morgan fingerprint density at radius 2 is 1.67 bits per heavy atom. The van der Waals surface area contributed by atoms with E-state index in [1.807, 2.05) is 59.2 Å². The molecule has 0 amide bonds. The topological polar surface area (TPSA) is 83.1 Å². The monoisotopic (exact) mass is 418 g/mol. The van der Waals surface area contributed by atoms with Crippen molar-refractivity contribution in [1.82, 2.24) is 14.8 Å². The zero-order valence-corrected chi connectivity index (χ0v) is 17.0. The highest BCUT2D eigenvalue weighted by Gasteiger charge is 2.16. The molecule has 0 saturated heterocycles. The largest absolute Gasteiger partial charge is 0.497 e. The summed E-state index contributed by atoms with van der Waals surface area (Å²) in [7, 11) is 1.63. The normalized spacial score (nSPS) is 10.7.